The molecule has 166 valence electrons. The second-order valence-electron chi connectivity index (χ2n) is 7.44. The number of nitrogens with zero attached hydrogens (tertiary/aromatic N) is 1. The van der Waals surface area contributed by atoms with E-state index in [-0.39, 0.29) is 28.9 Å². The molecule has 32 heavy (non-hydrogen) atoms. The number of fused-ring (bicyclic) bond motifs is 1. The summed E-state index contributed by atoms with van der Waals surface area (Å²) in [5.41, 5.74) is 0.514. The first kappa shape index (κ1) is 19.4. The zero-order valence-electron chi connectivity index (χ0n) is 18.5. The van der Waals surface area contributed by atoms with Crippen molar-refractivity contribution in [1.29, 1.82) is 0 Å². The molecule has 2 heterocycles. The molecular weight excluding hydrogens is 444 g/mol. The molecule has 7 nitrogen and oxygen atoms in total. The molecule has 2 aromatic rings. The first-order valence-electron chi connectivity index (χ1n) is 10.7. The smallest absolute Gasteiger partial charge is 0.346 e. The second-order valence-corrected chi connectivity index (χ2v) is 7.87. The van der Waals surface area contributed by atoms with Gasteiger partial charge in [-0.15, -0.1) is 0 Å². The zero-order valence-corrected chi connectivity index (χ0v) is 17.2. The Morgan fingerprint density at radius 1 is 1.25 bits per heavy atom. The lowest BCUT2D eigenvalue weighted by atomic mass is 10.0. The Kier molecular flexibility index (Phi) is 5.03. The highest BCUT2D eigenvalue weighted by atomic mass is 35.5. The first-order chi connectivity index (χ1) is 16.0. The highest BCUT2D eigenvalue weighted by molar-refractivity contribution is 6.30. The number of halogens is 3. The molecule has 0 bridgehead atoms. The molecule has 0 aromatic heterocycles. The summed E-state index contributed by atoms with van der Waals surface area (Å²) in [7, 11) is 0. The molecule has 0 saturated carbocycles. The van der Waals surface area contributed by atoms with E-state index < -0.39 is 54.1 Å². The minimum absolute atomic E-state index is 0.00782. The van der Waals surface area contributed by atoms with Crippen LogP contribution < -0.4 is 10.6 Å². The van der Waals surface area contributed by atoms with Crippen molar-refractivity contribution < 1.29 is 30.7 Å². The van der Waals surface area contributed by atoms with Gasteiger partial charge in [-0.25, -0.2) is 0 Å². The van der Waals surface area contributed by atoms with E-state index in [1.807, 2.05) is 0 Å². The van der Waals surface area contributed by atoms with E-state index in [1.54, 1.807) is 0 Å². The molecule has 0 spiro atoms. The van der Waals surface area contributed by atoms with Crippen molar-refractivity contribution in [1.82, 2.24) is 15.5 Å². The number of carbonyl (C=O) groups is 4. The van der Waals surface area contributed by atoms with Crippen molar-refractivity contribution in [2.75, 3.05) is 0 Å². The average molecular weight is 464 g/mol. The van der Waals surface area contributed by atoms with Crippen molar-refractivity contribution in [3.63, 3.8) is 0 Å². The summed E-state index contributed by atoms with van der Waals surface area (Å²) in [5.74, 6) is -7.51. The number of hydrogen-bond acceptors (Lipinski definition) is 4. The maximum absolute atomic E-state index is 14.6. The molecular formula is C22H18ClF2N3O4. The Balaban J connectivity index is 1.48. The van der Waals surface area contributed by atoms with Crippen LogP contribution >= 0.6 is 11.6 Å². The van der Waals surface area contributed by atoms with E-state index in [0.717, 1.165) is 12.1 Å². The fourth-order valence-corrected chi connectivity index (χ4v) is 3.77. The standard InChI is InChI=1S/C22H18ClF2N3O4/c23-15-4-2-14(3-5-15)22(24,25)21(32)26-10-12-1-6-16-13(9-12)11-28(20(16)31)17-7-8-18(29)27-19(17)30/h1-6,9,17H,7-8,10-11H2,(H,26,32)(H,27,29,30)/i8D/hD. The van der Waals surface area contributed by atoms with Crippen LogP contribution in [-0.2, 0) is 33.4 Å². The van der Waals surface area contributed by atoms with Crippen LogP contribution in [0.1, 0.15) is 41.2 Å². The Morgan fingerprint density at radius 2 is 1.97 bits per heavy atom. The number of benzene rings is 2. The fourth-order valence-electron chi connectivity index (χ4n) is 3.64. The van der Waals surface area contributed by atoms with Gasteiger partial charge in [0.1, 0.15) is 6.04 Å². The first-order valence-corrected chi connectivity index (χ1v) is 10.0. The van der Waals surface area contributed by atoms with Gasteiger partial charge >= 0.3 is 5.92 Å². The average Bonchev–Trinajstić information content (AvgIpc) is 3.11. The van der Waals surface area contributed by atoms with Crippen LogP contribution in [0.5, 0.6) is 0 Å². The van der Waals surface area contributed by atoms with Crippen molar-refractivity contribution in [2.45, 2.75) is 37.9 Å². The van der Waals surface area contributed by atoms with E-state index in [4.69, 9.17) is 14.4 Å². The van der Waals surface area contributed by atoms with Gasteiger partial charge in [0.25, 0.3) is 11.8 Å². The summed E-state index contributed by atoms with van der Waals surface area (Å²) in [5, 5.41) is 2.45. The molecule has 4 rings (SSSR count). The van der Waals surface area contributed by atoms with Gasteiger partial charge < -0.3 is 10.2 Å². The van der Waals surface area contributed by atoms with E-state index in [2.05, 4.69) is 5.32 Å². The summed E-state index contributed by atoms with van der Waals surface area (Å²) in [4.78, 5) is 50.0. The summed E-state index contributed by atoms with van der Waals surface area (Å²) in [6.07, 6.45) is -1.31. The molecule has 2 atom stereocenters. The van der Waals surface area contributed by atoms with Crippen molar-refractivity contribution in [2.24, 2.45) is 0 Å². The third-order valence-corrected chi connectivity index (χ3v) is 5.59. The Morgan fingerprint density at radius 3 is 2.69 bits per heavy atom. The Bertz CT molecular complexity index is 1200. The Labute approximate surface area is 189 Å². The number of rotatable bonds is 5. The van der Waals surface area contributed by atoms with Gasteiger partial charge in [0.05, 0.1) is 0 Å². The van der Waals surface area contributed by atoms with Crippen LogP contribution in [0.25, 0.3) is 0 Å². The van der Waals surface area contributed by atoms with E-state index >= 15 is 0 Å². The number of nitrogens with one attached hydrogen (secondary N) is 2. The lowest BCUT2D eigenvalue weighted by Crippen LogP contribution is -2.52. The highest BCUT2D eigenvalue weighted by Gasteiger charge is 2.41. The van der Waals surface area contributed by atoms with Gasteiger partial charge in [-0.05, 0) is 35.7 Å². The van der Waals surface area contributed by atoms with Crippen molar-refractivity contribution >= 4 is 35.2 Å². The number of imide groups is 1. The number of piperidine rings is 1. The van der Waals surface area contributed by atoms with Crippen molar-refractivity contribution in [3.8, 4) is 0 Å². The summed E-state index contributed by atoms with van der Waals surface area (Å²) in [6, 6.07) is 7.87. The van der Waals surface area contributed by atoms with Crippen LogP contribution in [0.15, 0.2) is 42.5 Å². The molecule has 10 heteroatoms. The molecule has 1 saturated heterocycles. The van der Waals surface area contributed by atoms with Gasteiger partial charge in [0.2, 0.25) is 11.8 Å². The van der Waals surface area contributed by atoms with Crippen LogP contribution in [0.4, 0.5) is 8.78 Å². The lowest BCUT2D eigenvalue weighted by molar-refractivity contribution is -0.147. The van der Waals surface area contributed by atoms with Gasteiger partial charge in [0.15, 0.2) is 1.41 Å². The molecule has 0 radical (unpaired) electrons. The molecule has 4 amide bonds. The quantitative estimate of drug-likeness (QED) is 0.666. The van der Waals surface area contributed by atoms with Crippen LogP contribution in [0.3, 0.4) is 0 Å². The maximum atomic E-state index is 14.6. The molecule has 2 unspecified atom stereocenters. The molecule has 2 aliphatic heterocycles. The molecule has 0 aliphatic carbocycles. The van der Waals surface area contributed by atoms with E-state index in [1.165, 1.54) is 35.2 Å². The summed E-state index contributed by atoms with van der Waals surface area (Å²) in [6.45, 7) is -0.454. The topological polar surface area (TPSA) is 95.6 Å². The lowest BCUT2D eigenvalue weighted by Gasteiger charge is -2.29. The van der Waals surface area contributed by atoms with E-state index in [0.29, 0.717) is 11.1 Å². The third kappa shape index (κ3) is 4.08. The van der Waals surface area contributed by atoms with Gasteiger partial charge in [-0.1, -0.05) is 35.9 Å². The largest absolute Gasteiger partial charge is 0.349 e. The minimum Gasteiger partial charge on any atom is -0.346 e. The number of amides is 4. The Hall–Kier alpha value is -3.33. The highest BCUT2D eigenvalue weighted by Crippen LogP contribution is 2.30. The second kappa shape index (κ2) is 8.31. The number of alkyl halides is 2. The van der Waals surface area contributed by atoms with Gasteiger partial charge in [0, 0.05) is 37.0 Å². The monoisotopic (exact) mass is 463 g/mol. The minimum atomic E-state index is -3.94. The van der Waals surface area contributed by atoms with Crippen LogP contribution in [-0.4, -0.2) is 34.6 Å². The molecule has 2 aromatic carbocycles. The normalized spacial score (nSPS) is 21.6. The molecule has 1 fully saturated rings. The SMILES string of the molecule is [2H]C1CC(N2Cc3cc(CN([2H])C(=O)C(F)(F)c4ccc(Cl)cc4)ccc3C2=O)C(=O)NC1=O. The van der Waals surface area contributed by atoms with Crippen molar-refractivity contribution in [3.05, 3.63) is 69.7 Å². The van der Waals surface area contributed by atoms with Crippen LogP contribution in [0.2, 0.25) is 6.43 Å². The summed E-state index contributed by atoms with van der Waals surface area (Å²) >= 11 is 5.70. The molecule has 2 N–H and O–H groups in total. The predicted octanol–water partition coefficient (Wildman–Crippen LogP) is 2.51. The number of carbonyl (C=O) groups excluding carboxylic acids is 4. The van der Waals surface area contributed by atoms with Gasteiger partial charge in [-0.3, -0.25) is 24.5 Å². The van der Waals surface area contributed by atoms with E-state index in [9.17, 15) is 28.0 Å². The predicted molar refractivity (Wildman–Crippen MR) is 110 cm³/mol. The summed E-state index contributed by atoms with van der Waals surface area (Å²) < 4.78 is 44.7. The third-order valence-electron chi connectivity index (χ3n) is 5.33. The maximum Gasteiger partial charge on any atom is 0.349 e. The van der Waals surface area contributed by atoms with Gasteiger partial charge in [-0.2, -0.15) is 8.78 Å². The zero-order chi connectivity index (χ0) is 24.8. The number of hydrogen-bond donors (Lipinski definition) is 2. The molecule has 2 aliphatic rings. The van der Waals surface area contributed by atoms with Crippen LogP contribution in [0, 0.1) is 0 Å². The fraction of sp³-hybridized carbons (Fsp3) is 0.273.